The summed E-state index contributed by atoms with van der Waals surface area (Å²) in [6.07, 6.45) is 2.71. The molecule has 0 aromatic carbocycles. The summed E-state index contributed by atoms with van der Waals surface area (Å²) in [5.41, 5.74) is 0.426. The molecule has 0 amide bonds. The Kier molecular flexibility index (Phi) is 3.82. The summed E-state index contributed by atoms with van der Waals surface area (Å²) in [5, 5.41) is 1.17. The van der Waals surface area contributed by atoms with E-state index >= 15 is 0 Å². The fourth-order valence-electron chi connectivity index (χ4n) is 2.31. The van der Waals surface area contributed by atoms with Crippen molar-refractivity contribution in [3.63, 3.8) is 0 Å². The lowest BCUT2D eigenvalue weighted by molar-refractivity contribution is 0.0662. The second-order valence-electron chi connectivity index (χ2n) is 5.41. The highest BCUT2D eigenvalue weighted by molar-refractivity contribution is 9.09. The first-order valence-corrected chi connectivity index (χ1v) is 6.33. The van der Waals surface area contributed by atoms with Crippen LogP contribution in [0.15, 0.2) is 0 Å². The van der Waals surface area contributed by atoms with E-state index in [-0.39, 0.29) is 0 Å². The van der Waals surface area contributed by atoms with Crippen LogP contribution in [0.25, 0.3) is 0 Å². The van der Waals surface area contributed by atoms with E-state index < -0.39 is 0 Å². The van der Waals surface area contributed by atoms with Gasteiger partial charge in [-0.1, -0.05) is 36.7 Å². The molecule has 0 saturated carbocycles. The third kappa shape index (κ3) is 2.95. The molecule has 0 spiro atoms. The zero-order valence-electron chi connectivity index (χ0n) is 9.31. The lowest BCUT2D eigenvalue weighted by Crippen LogP contribution is -2.47. The molecular formula is C11H22BrN. The number of nitrogens with zero attached hydrogens (tertiary/aromatic N) is 1. The smallest absolute Gasteiger partial charge is 0.0144 e. The van der Waals surface area contributed by atoms with Gasteiger partial charge in [-0.3, -0.25) is 0 Å². The molecule has 1 heterocycles. The summed E-state index contributed by atoms with van der Waals surface area (Å²) in [4.78, 5) is 2.53. The summed E-state index contributed by atoms with van der Waals surface area (Å²) in [7, 11) is 2.26. The van der Waals surface area contributed by atoms with Crippen LogP contribution in [0.1, 0.15) is 33.6 Å². The summed E-state index contributed by atoms with van der Waals surface area (Å²) < 4.78 is 0. The Bertz CT molecular complexity index is 162. The molecule has 13 heavy (non-hydrogen) atoms. The van der Waals surface area contributed by atoms with Gasteiger partial charge in [0.15, 0.2) is 0 Å². The molecule has 0 bridgehead atoms. The van der Waals surface area contributed by atoms with E-state index in [1.807, 2.05) is 0 Å². The van der Waals surface area contributed by atoms with E-state index in [1.54, 1.807) is 0 Å². The van der Waals surface area contributed by atoms with Gasteiger partial charge in [-0.05, 0) is 37.8 Å². The third-order valence-electron chi connectivity index (χ3n) is 3.20. The Morgan fingerprint density at radius 1 is 1.38 bits per heavy atom. The SMILES string of the molecule is CN1CCC(CBr)CC1C(C)(C)C. The van der Waals surface area contributed by atoms with Crippen LogP contribution in [0.3, 0.4) is 0 Å². The zero-order valence-corrected chi connectivity index (χ0v) is 10.9. The van der Waals surface area contributed by atoms with E-state index in [0.29, 0.717) is 5.41 Å². The van der Waals surface area contributed by atoms with Crippen LogP contribution in [0.5, 0.6) is 0 Å². The lowest BCUT2D eigenvalue weighted by Gasteiger charge is -2.44. The minimum absolute atomic E-state index is 0.426. The third-order valence-corrected chi connectivity index (χ3v) is 4.11. The molecule has 1 rings (SSSR count). The van der Waals surface area contributed by atoms with Crippen molar-refractivity contribution in [1.82, 2.24) is 4.90 Å². The predicted octanol–water partition coefficient (Wildman–Crippen LogP) is 3.14. The number of piperidine rings is 1. The number of halogens is 1. The van der Waals surface area contributed by atoms with E-state index in [4.69, 9.17) is 0 Å². The van der Waals surface area contributed by atoms with Gasteiger partial charge in [-0.25, -0.2) is 0 Å². The van der Waals surface area contributed by atoms with Crippen molar-refractivity contribution < 1.29 is 0 Å². The topological polar surface area (TPSA) is 3.24 Å². The van der Waals surface area contributed by atoms with E-state index in [2.05, 4.69) is 48.6 Å². The number of likely N-dealkylation sites (tertiary alicyclic amines) is 1. The number of alkyl halides is 1. The molecule has 1 fully saturated rings. The van der Waals surface area contributed by atoms with E-state index in [0.717, 1.165) is 12.0 Å². The first kappa shape index (κ1) is 11.5. The van der Waals surface area contributed by atoms with Gasteiger partial charge in [0.1, 0.15) is 0 Å². The zero-order chi connectivity index (χ0) is 10.1. The van der Waals surface area contributed by atoms with Crippen LogP contribution < -0.4 is 0 Å². The fraction of sp³-hybridized carbons (Fsp3) is 1.00. The minimum atomic E-state index is 0.426. The number of rotatable bonds is 1. The summed E-state index contributed by atoms with van der Waals surface area (Å²) in [5.74, 6) is 0.889. The van der Waals surface area contributed by atoms with Crippen LogP contribution in [0.2, 0.25) is 0 Å². The first-order chi connectivity index (χ1) is 5.95. The second-order valence-corrected chi connectivity index (χ2v) is 6.05. The normalized spacial score (nSPS) is 32.1. The highest BCUT2D eigenvalue weighted by Crippen LogP contribution is 2.33. The van der Waals surface area contributed by atoms with Crippen molar-refractivity contribution in [2.24, 2.45) is 11.3 Å². The monoisotopic (exact) mass is 247 g/mol. The predicted molar refractivity (Wildman–Crippen MR) is 62.4 cm³/mol. The molecular weight excluding hydrogens is 226 g/mol. The van der Waals surface area contributed by atoms with Crippen molar-refractivity contribution in [2.45, 2.75) is 39.7 Å². The van der Waals surface area contributed by atoms with Gasteiger partial charge in [0.25, 0.3) is 0 Å². The molecule has 1 aliphatic rings. The molecule has 0 aromatic rings. The Hall–Kier alpha value is 0.440. The van der Waals surface area contributed by atoms with Crippen LogP contribution in [-0.2, 0) is 0 Å². The lowest BCUT2D eigenvalue weighted by atomic mass is 9.78. The van der Waals surface area contributed by atoms with Gasteiger partial charge in [0, 0.05) is 11.4 Å². The molecule has 2 atom stereocenters. The maximum absolute atomic E-state index is 3.61. The molecule has 0 N–H and O–H groups in total. The molecule has 1 nitrogen and oxygen atoms in total. The van der Waals surface area contributed by atoms with Gasteiger partial charge < -0.3 is 4.90 Å². The van der Waals surface area contributed by atoms with Crippen molar-refractivity contribution >= 4 is 15.9 Å². The molecule has 0 radical (unpaired) electrons. The fourth-order valence-corrected chi connectivity index (χ4v) is 2.90. The van der Waals surface area contributed by atoms with Crippen molar-refractivity contribution in [3.8, 4) is 0 Å². The Balaban J connectivity index is 2.60. The Morgan fingerprint density at radius 2 is 2.00 bits per heavy atom. The van der Waals surface area contributed by atoms with Gasteiger partial charge in [0.2, 0.25) is 0 Å². The average Bonchev–Trinajstić information content (AvgIpc) is 2.03. The van der Waals surface area contributed by atoms with Gasteiger partial charge in [-0.15, -0.1) is 0 Å². The number of hydrogen-bond donors (Lipinski definition) is 0. The van der Waals surface area contributed by atoms with E-state index in [1.165, 1.54) is 24.7 Å². The van der Waals surface area contributed by atoms with Crippen LogP contribution in [-0.4, -0.2) is 29.9 Å². The van der Waals surface area contributed by atoms with Crippen molar-refractivity contribution in [3.05, 3.63) is 0 Å². The average molecular weight is 248 g/mol. The molecule has 78 valence electrons. The summed E-state index contributed by atoms with van der Waals surface area (Å²) in [6.45, 7) is 8.32. The molecule has 2 heteroatoms. The second kappa shape index (κ2) is 4.31. The molecule has 2 unspecified atom stereocenters. The summed E-state index contributed by atoms with van der Waals surface area (Å²) >= 11 is 3.61. The maximum Gasteiger partial charge on any atom is 0.0144 e. The quantitative estimate of drug-likeness (QED) is 0.644. The highest BCUT2D eigenvalue weighted by atomic mass is 79.9. The maximum atomic E-state index is 3.61. The standard InChI is InChI=1S/C11H22BrN/c1-11(2,3)10-7-9(8-12)5-6-13(10)4/h9-10H,5-8H2,1-4H3. The number of hydrogen-bond acceptors (Lipinski definition) is 1. The van der Waals surface area contributed by atoms with Crippen molar-refractivity contribution in [1.29, 1.82) is 0 Å². The van der Waals surface area contributed by atoms with Gasteiger partial charge >= 0.3 is 0 Å². The molecule has 1 aliphatic heterocycles. The molecule has 0 aromatic heterocycles. The van der Waals surface area contributed by atoms with E-state index in [9.17, 15) is 0 Å². The summed E-state index contributed by atoms with van der Waals surface area (Å²) in [6, 6.07) is 0.754. The first-order valence-electron chi connectivity index (χ1n) is 5.21. The largest absolute Gasteiger partial charge is 0.303 e. The van der Waals surface area contributed by atoms with Crippen LogP contribution in [0.4, 0.5) is 0 Å². The molecule has 0 aliphatic carbocycles. The Labute approximate surface area is 91.0 Å². The van der Waals surface area contributed by atoms with Crippen LogP contribution in [0, 0.1) is 11.3 Å². The minimum Gasteiger partial charge on any atom is -0.303 e. The van der Waals surface area contributed by atoms with Gasteiger partial charge in [-0.2, -0.15) is 0 Å². The van der Waals surface area contributed by atoms with Gasteiger partial charge in [0.05, 0.1) is 0 Å². The Morgan fingerprint density at radius 3 is 2.46 bits per heavy atom. The molecule has 1 saturated heterocycles. The van der Waals surface area contributed by atoms with Crippen LogP contribution >= 0.6 is 15.9 Å². The highest BCUT2D eigenvalue weighted by Gasteiger charge is 2.33. The van der Waals surface area contributed by atoms with Crippen molar-refractivity contribution in [2.75, 3.05) is 18.9 Å².